The molecule has 1 aromatic heterocycles. The van der Waals surface area contributed by atoms with Crippen molar-refractivity contribution in [2.24, 2.45) is 0 Å². The van der Waals surface area contributed by atoms with Crippen molar-refractivity contribution in [3.05, 3.63) is 36.0 Å². The van der Waals surface area contributed by atoms with E-state index >= 15 is 0 Å². The molecule has 0 saturated carbocycles. The maximum atomic E-state index is 11.7. The molecule has 2 rings (SSSR count). The van der Waals surface area contributed by atoms with Gasteiger partial charge in [-0.15, -0.1) is 0 Å². The van der Waals surface area contributed by atoms with Crippen LogP contribution in [0.1, 0.15) is 17.4 Å². The first-order valence-corrected chi connectivity index (χ1v) is 7.31. The molecule has 1 aromatic carbocycles. The lowest BCUT2D eigenvalue weighted by Gasteiger charge is -2.09. The maximum absolute atomic E-state index is 11.7. The number of ether oxygens (including phenoxy) is 2. The first-order chi connectivity index (χ1) is 11.1. The Morgan fingerprint density at radius 1 is 1.26 bits per heavy atom. The van der Waals surface area contributed by atoms with Crippen molar-refractivity contribution in [3.63, 3.8) is 0 Å². The molecule has 0 aliphatic carbocycles. The Labute approximate surface area is 134 Å². The molecule has 122 valence electrons. The van der Waals surface area contributed by atoms with Crippen LogP contribution >= 0.6 is 0 Å². The standard InChI is InChI=1S/C16H20N4O3/c1-3-22-7-8-23-12-6-4-5-11(9-12)13-10-14(15(21)18-2)20-16(17)19-13/h4-6,9-10H,3,7-8H2,1-2H3,(H,18,21)(H2,17,19,20). The van der Waals surface area contributed by atoms with Gasteiger partial charge in [0.25, 0.3) is 5.91 Å². The van der Waals surface area contributed by atoms with E-state index in [1.165, 1.54) is 7.05 Å². The van der Waals surface area contributed by atoms with Crippen LogP contribution in [0.15, 0.2) is 30.3 Å². The van der Waals surface area contributed by atoms with E-state index in [9.17, 15) is 4.79 Å². The number of amides is 1. The second-order valence-corrected chi connectivity index (χ2v) is 4.65. The van der Waals surface area contributed by atoms with E-state index in [2.05, 4.69) is 15.3 Å². The zero-order valence-electron chi connectivity index (χ0n) is 13.2. The minimum Gasteiger partial charge on any atom is -0.491 e. The highest BCUT2D eigenvalue weighted by Crippen LogP contribution is 2.23. The Bertz CT molecular complexity index is 676. The molecule has 1 heterocycles. The number of anilines is 1. The zero-order valence-corrected chi connectivity index (χ0v) is 13.2. The molecule has 0 radical (unpaired) electrons. The van der Waals surface area contributed by atoms with E-state index in [-0.39, 0.29) is 17.5 Å². The molecule has 0 unspecified atom stereocenters. The van der Waals surface area contributed by atoms with Crippen LogP contribution in [-0.2, 0) is 4.74 Å². The van der Waals surface area contributed by atoms with Crippen molar-refractivity contribution in [3.8, 4) is 17.0 Å². The first kappa shape index (κ1) is 16.7. The lowest BCUT2D eigenvalue weighted by atomic mass is 10.1. The lowest BCUT2D eigenvalue weighted by Crippen LogP contribution is -2.20. The van der Waals surface area contributed by atoms with Gasteiger partial charge in [-0.2, -0.15) is 0 Å². The fourth-order valence-electron chi connectivity index (χ4n) is 1.97. The number of hydrogen-bond donors (Lipinski definition) is 2. The van der Waals surface area contributed by atoms with Crippen LogP contribution in [0.5, 0.6) is 5.75 Å². The van der Waals surface area contributed by atoms with Gasteiger partial charge in [-0.3, -0.25) is 4.79 Å². The molecule has 7 heteroatoms. The summed E-state index contributed by atoms with van der Waals surface area (Å²) in [6, 6.07) is 8.99. The summed E-state index contributed by atoms with van der Waals surface area (Å²) < 4.78 is 10.9. The molecule has 0 spiro atoms. The molecule has 23 heavy (non-hydrogen) atoms. The van der Waals surface area contributed by atoms with Gasteiger partial charge >= 0.3 is 0 Å². The van der Waals surface area contributed by atoms with Crippen molar-refractivity contribution in [2.45, 2.75) is 6.92 Å². The van der Waals surface area contributed by atoms with Crippen LogP contribution in [0.3, 0.4) is 0 Å². The van der Waals surface area contributed by atoms with Gasteiger partial charge in [-0.25, -0.2) is 9.97 Å². The highest BCUT2D eigenvalue weighted by molar-refractivity contribution is 5.93. The summed E-state index contributed by atoms with van der Waals surface area (Å²) in [5, 5.41) is 2.52. The topological polar surface area (TPSA) is 99.4 Å². The minimum absolute atomic E-state index is 0.0452. The largest absolute Gasteiger partial charge is 0.491 e. The summed E-state index contributed by atoms with van der Waals surface area (Å²) in [4.78, 5) is 19.8. The van der Waals surface area contributed by atoms with Gasteiger partial charge in [-0.1, -0.05) is 12.1 Å². The maximum Gasteiger partial charge on any atom is 0.269 e. The third-order valence-electron chi connectivity index (χ3n) is 3.03. The van der Waals surface area contributed by atoms with Crippen molar-refractivity contribution < 1.29 is 14.3 Å². The van der Waals surface area contributed by atoms with Crippen LogP contribution in [0.4, 0.5) is 5.95 Å². The van der Waals surface area contributed by atoms with Gasteiger partial charge in [0.2, 0.25) is 5.95 Å². The molecule has 0 aliphatic rings. The second-order valence-electron chi connectivity index (χ2n) is 4.65. The number of nitrogens with zero attached hydrogens (tertiary/aromatic N) is 2. The molecular formula is C16H20N4O3. The van der Waals surface area contributed by atoms with Crippen LogP contribution in [0.2, 0.25) is 0 Å². The molecule has 0 bridgehead atoms. The highest BCUT2D eigenvalue weighted by atomic mass is 16.5. The number of aromatic nitrogens is 2. The van der Waals surface area contributed by atoms with Crippen molar-refractivity contribution in [1.82, 2.24) is 15.3 Å². The molecule has 0 saturated heterocycles. The van der Waals surface area contributed by atoms with E-state index in [0.717, 1.165) is 5.56 Å². The Kier molecular flexibility index (Phi) is 5.87. The molecule has 3 N–H and O–H groups in total. The summed E-state index contributed by atoms with van der Waals surface area (Å²) in [6.07, 6.45) is 0. The fourth-order valence-corrected chi connectivity index (χ4v) is 1.97. The van der Waals surface area contributed by atoms with Gasteiger partial charge in [0.1, 0.15) is 18.1 Å². The minimum atomic E-state index is -0.315. The second kappa shape index (κ2) is 8.09. The van der Waals surface area contributed by atoms with Crippen LogP contribution in [0.25, 0.3) is 11.3 Å². The molecule has 1 amide bonds. The number of nitrogens with two attached hydrogens (primary N) is 1. The average Bonchev–Trinajstić information content (AvgIpc) is 2.57. The quantitative estimate of drug-likeness (QED) is 0.751. The Morgan fingerprint density at radius 2 is 2.09 bits per heavy atom. The number of nitrogen functional groups attached to an aromatic ring is 1. The van der Waals surface area contributed by atoms with Crippen molar-refractivity contribution in [2.75, 3.05) is 32.6 Å². The van der Waals surface area contributed by atoms with Crippen LogP contribution in [0, 0.1) is 0 Å². The van der Waals surface area contributed by atoms with Crippen molar-refractivity contribution >= 4 is 11.9 Å². The number of carbonyl (C=O) groups excluding carboxylic acids is 1. The summed E-state index contributed by atoms with van der Waals surface area (Å²) in [5.41, 5.74) is 7.26. The smallest absolute Gasteiger partial charge is 0.269 e. The zero-order chi connectivity index (χ0) is 16.7. The normalized spacial score (nSPS) is 10.3. The predicted octanol–water partition coefficient (Wildman–Crippen LogP) is 1.50. The average molecular weight is 316 g/mol. The van der Waals surface area contributed by atoms with E-state index in [1.807, 2.05) is 31.2 Å². The third-order valence-corrected chi connectivity index (χ3v) is 3.03. The monoisotopic (exact) mass is 316 g/mol. The molecule has 2 aromatic rings. The molecule has 0 atom stereocenters. The van der Waals surface area contributed by atoms with E-state index in [0.29, 0.717) is 31.3 Å². The first-order valence-electron chi connectivity index (χ1n) is 7.31. The molecule has 0 aliphatic heterocycles. The highest BCUT2D eigenvalue weighted by Gasteiger charge is 2.11. The number of hydrogen-bond acceptors (Lipinski definition) is 6. The van der Waals surface area contributed by atoms with E-state index < -0.39 is 0 Å². The predicted molar refractivity (Wildman–Crippen MR) is 87.3 cm³/mol. The Morgan fingerprint density at radius 3 is 2.83 bits per heavy atom. The van der Waals surface area contributed by atoms with E-state index in [1.54, 1.807) is 6.07 Å². The summed E-state index contributed by atoms with van der Waals surface area (Å²) in [5.74, 6) is 0.425. The van der Waals surface area contributed by atoms with Crippen LogP contribution < -0.4 is 15.8 Å². The number of benzene rings is 1. The van der Waals surface area contributed by atoms with Crippen LogP contribution in [-0.4, -0.2) is 42.7 Å². The van der Waals surface area contributed by atoms with E-state index in [4.69, 9.17) is 15.2 Å². The van der Waals surface area contributed by atoms with Gasteiger partial charge in [0.15, 0.2) is 0 Å². The Hall–Kier alpha value is -2.67. The summed E-state index contributed by atoms with van der Waals surface area (Å²) in [6.45, 7) is 3.59. The SMILES string of the molecule is CCOCCOc1cccc(-c2cc(C(=O)NC)nc(N)n2)c1. The summed E-state index contributed by atoms with van der Waals surface area (Å²) in [7, 11) is 1.53. The Balaban J connectivity index is 2.21. The number of rotatable bonds is 7. The van der Waals surface area contributed by atoms with Crippen molar-refractivity contribution in [1.29, 1.82) is 0 Å². The summed E-state index contributed by atoms with van der Waals surface area (Å²) >= 11 is 0. The molecular weight excluding hydrogens is 296 g/mol. The molecule has 0 fully saturated rings. The van der Waals surface area contributed by atoms with Gasteiger partial charge in [0.05, 0.1) is 12.3 Å². The third kappa shape index (κ3) is 4.65. The van der Waals surface area contributed by atoms with Gasteiger partial charge < -0.3 is 20.5 Å². The number of nitrogens with one attached hydrogen (secondary N) is 1. The van der Waals surface area contributed by atoms with Gasteiger partial charge in [-0.05, 0) is 25.1 Å². The number of carbonyl (C=O) groups is 1. The van der Waals surface area contributed by atoms with Gasteiger partial charge in [0, 0.05) is 19.2 Å². The lowest BCUT2D eigenvalue weighted by molar-refractivity contribution is 0.0958. The molecule has 7 nitrogen and oxygen atoms in total. The fraction of sp³-hybridized carbons (Fsp3) is 0.312.